The molecule has 2 aliphatic heterocycles. The summed E-state index contributed by atoms with van der Waals surface area (Å²) in [7, 11) is 0. The topological polar surface area (TPSA) is 29.3 Å². The Bertz CT molecular complexity index is 113. The van der Waals surface area contributed by atoms with Gasteiger partial charge in [-0.1, -0.05) is 0 Å². The van der Waals surface area contributed by atoms with Crippen molar-refractivity contribution >= 4 is 0 Å². The lowest BCUT2D eigenvalue weighted by Crippen LogP contribution is -2.43. The Morgan fingerprint density at radius 2 is 2.11 bits per heavy atom. The lowest BCUT2D eigenvalue weighted by Gasteiger charge is -2.28. The van der Waals surface area contributed by atoms with Crippen LogP contribution in [0, 0.1) is 5.92 Å². The summed E-state index contributed by atoms with van der Waals surface area (Å²) >= 11 is 0. The first-order chi connectivity index (χ1) is 4.36. The van der Waals surface area contributed by atoms with Crippen LogP contribution in [0.3, 0.4) is 0 Å². The molecule has 2 heteroatoms. The molecule has 0 aromatic carbocycles. The van der Waals surface area contributed by atoms with E-state index < -0.39 is 0 Å². The van der Waals surface area contributed by atoms with Crippen molar-refractivity contribution in [1.82, 2.24) is 4.90 Å². The van der Waals surface area contributed by atoms with Gasteiger partial charge in [0.1, 0.15) is 0 Å². The SMILES string of the molecule is NC1CCC2CCN1C2. The van der Waals surface area contributed by atoms with E-state index >= 15 is 0 Å². The van der Waals surface area contributed by atoms with Gasteiger partial charge in [-0.2, -0.15) is 0 Å². The van der Waals surface area contributed by atoms with Crippen LogP contribution >= 0.6 is 0 Å². The van der Waals surface area contributed by atoms with Gasteiger partial charge in [0.15, 0.2) is 0 Å². The summed E-state index contributed by atoms with van der Waals surface area (Å²) in [5.41, 5.74) is 5.84. The number of rotatable bonds is 0. The zero-order valence-electron chi connectivity index (χ0n) is 5.71. The second-order valence-corrected chi connectivity index (χ2v) is 3.29. The molecule has 0 aromatic heterocycles. The first kappa shape index (κ1) is 5.69. The van der Waals surface area contributed by atoms with Crippen molar-refractivity contribution in [3.05, 3.63) is 0 Å². The summed E-state index contributed by atoms with van der Waals surface area (Å²) in [6.07, 6.45) is 4.39. The zero-order chi connectivity index (χ0) is 6.27. The third-order valence-corrected chi connectivity index (χ3v) is 2.66. The molecule has 52 valence electrons. The molecule has 2 N–H and O–H groups in total. The fourth-order valence-corrected chi connectivity index (χ4v) is 1.99. The van der Waals surface area contributed by atoms with Crippen molar-refractivity contribution in [3.8, 4) is 0 Å². The van der Waals surface area contributed by atoms with Crippen LogP contribution in [-0.2, 0) is 0 Å². The first-order valence-corrected chi connectivity index (χ1v) is 3.86. The van der Waals surface area contributed by atoms with Crippen molar-refractivity contribution in [3.63, 3.8) is 0 Å². The molecule has 2 nitrogen and oxygen atoms in total. The summed E-state index contributed by atoms with van der Waals surface area (Å²) in [6.45, 7) is 2.53. The molecule has 2 heterocycles. The van der Waals surface area contributed by atoms with E-state index in [2.05, 4.69) is 4.90 Å². The predicted molar refractivity (Wildman–Crippen MR) is 36.9 cm³/mol. The van der Waals surface area contributed by atoms with Crippen molar-refractivity contribution in [2.75, 3.05) is 13.1 Å². The van der Waals surface area contributed by atoms with Crippen molar-refractivity contribution in [1.29, 1.82) is 0 Å². The number of piperidine rings is 1. The summed E-state index contributed by atoms with van der Waals surface area (Å²) in [5, 5.41) is 0. The monoisotopic (exact) mass is 126 g/mol. The van der Waals surface area contributed by atoms with Gasteiger partial charge in [0.25, 0.3) is 0 Å². The van der Waals surface area contributed by atoms with E-state index in [4.69, 9.17) is 5.73 Å². The first-order valence-electron chi connectivity index (χ1n) is 3.86. The maximum Gasteiger partial charge on any atom is 0.0571 e. The van der Waals surface area contributed by atoms with E-state index in [0.717, 1.165) is 5.92 Å². The predicted octanol–water partition coefficient (Wildman–Crippen LogP) is 0.387. The fraction of sp³-hybridized carbons (Fsp3) is 1.00. The minimum Gasteiger partial charge on any atom is -0.316 e. The Balaban J connectivity index is 2.05. The van der Waals surface area contributed by atoms with Gasteiger partial charge in [0.05, 0.1) is 6.17 Å². The second-order valence-electron chi connectivity index (χ2n) is 3.29. The third-order valence-electron chi connectivity index (χ3n) is 2.66. The summed E-state index contributed by atoms with van der Waals surface area (Å²) in [6, 6.07) is 0. The van der Waals surface area contributed by atoms with Gasteiger partial charge in [-0.3, -0.25) is 4.90 Å². The lowest BCUT2D eigenvalue weighted by molar-refractivity contribution is 0.186. The van der Waals surface area contributed by atoms with Gasteiger partial charge in [0.2, 0.25) is 0 Å². The molecule has 9 heavy (non-hydrogen) atoms. The standard InChI is InChI=1S/C7H14N2/c8-7-2-1-6-3-4-9(7)5-6/h6-7H,1-5,8H2. The normalized spacial score (nSPS) is 49.7. The molecule has 0 aliphatic carbocycles. The number of nitrogens with zero attached hydrogens (tertiary/aromatic N) is 1. The molecule has 3 unspecified atom stereocenters. The molecular weight excluding hydrogens is 112 g/mol. The average molecular weight is 126 g/mol. The summed E-state index contributed by atoms with van der Waals surface area (Å²) < 4.78 is 0. The minimum absolute atomic E-state index is 0.392. The Kier molecular flexibility index (Phi) is 1.24. The Morgan fingerprint density at radius 1 is 1.22 bits per heavy atom. The van der Waals surface area contributed by atoms with E-state index in [1.165, 1.54) is 32.4 Å². The van der Waals surface area contributed by atoms with Gasteiger partial charge < -0.3 is 5.73 Å². The van der Waals surface area contributed by atoms with E-state index in [9.17, 15) is 0 Å². The van der Waals surface area contributed by atoms with Crippen LogP contribution in [0.15, 0.2) is 0 Å². The highest BCUT2D eigenvalue weighted by molar-refractivity contribution is 4.84. The molecule has 0 saturated carbocycles. The van der Waals surface area contributed by atoms with Gasteiger partial charge >= 0.3 is 0 Å². The number of hydrogen-bond donors (Lipinski definition) is 1. The van der Waals surface area contributed by atoms with E-state index in [-0.39, 0.29) is 0 Å². The molecule has 0 aromatic rings. The number of nitrogens with two attached hydrogens (primary N) is 1. The van der Waals surface area contributed by atoms with Gasteiger partial charge in [-0.05, 0) is 31.7 Å². The van der Waals surface area contributed by atoms with Crippen LogP contribution in [0.1, 0.15) is 19.3 Å². The van der Waals surface area contributed by atoms with Crippen molar-refractivity contribution < 1.29 is 0 Å². The molecule has 0 radical (unpaired) electrons. The Morgan fingerprint density at radius 3 is 2.89 bits per heavy atom. The molecule has 2 aliphatic rings. The quantitative estimate of drug-likeness (QED) is 0.508. The van der Waals surface area contributed by atoms with Crippen LogP contribution in [-0.4, -0.2) is 24.2 Å². The lowest BCUT2D eigenvalue weighted by atomic mass is 10.00. The summed E-state index contributed by atoms with van der Waals surface area (Å²) in [4.78, 5) is 2.41. The molecule has 2 saturated heterocycles. The second kappa shape index (κ2) is 1.96. The number of fused-ring (bicyclic) bond motifs is 2. The molecule has 2 fully saturated rings. The molecule has 0 spiro atoms. The largest absolute Gasteiger partial charge is 0.316 e. The zero-order valence-corrected chi connectivity index (χ0v) is 5.71. The summed E-state index contributed by atoms with van der Waals surface area (Å²) in [5.74, 6) is 0.991. The van der Waals surface area contributed by atoms with E-state index in [0.29, 0.717) is 6.17 Å². The van der Waals surface area contributed by atoms with Crippen LogP contribution < -0.4 is 5.73 Å². The van der Waals surface area contributed by atoms with Crippen molar-refractivity contribution in [2.24, 2.45) is 11.7 Å². The van der Waals surface area contributed by atoms with Crippen LogP contribution in [0.25, 0.3) is 0 Å². The van der Waals surface area contributed by atoms with Gasteiger partial charge in [0, 0.05) is 6.54 Å². The van der Waals surface area contributed by atoms with Gasteiger partial charge in [-0.15, -0.1) is 0 Å². The molecule has 0 amide bonds. The smallest absolute Gasteiger partial charge is 0.0571 e. The molecule has 3 atom stereocenters. The maximum atomic E-state index is 5.84. The van der Waals surface area contributed by atoms with Crippen LogP contribution in [0.4, 0.5) is 0 Å². The third kappa shape index (κ3) is 0.864. The number of hydrogen-bond acceptors (Lipinski definition) is 2. The highest BCUT2D eigenvalue weighted by atomic mass is 15.2. The van der Waals surface area contributed by atoms with E-state index in [1.807, 2.05) is 0 Å². The van der Waals surface area contributed by atoms with Crippen molar-refractivity contribution in [2.45, 2.75) is 25.4 Å². The Hall–Kier alpha value is -0.0800. The fourth-order valence-electron chi connectivity index (χ4n) is 1.99. The van der Waals surface area contributed by atoms with Crippen LogP contribution in [0.5, 0.6) is 0 Å². The van der Waals surface area contributed by atoms with E-state index in [1.54, 1.807) is 0 Å². The van der Waals surface area contributed by atoms with Gasteiger partial charge in [-0.25, -0.2) is 0 Å². The minimum atomic E-state index is 0.392. The average Bonchev–Trinajstić information content (AvgIpc) is 2.25. The molecule has 2 rings (SSSR count). The molecule has 2 bridgehead atoms. The maximum absolute atomic E-state index is 5.84. The Labute approximate surface area is 56.0 Å². The molecular formula is C7H14N2. The highest BCUT2D eigenvalue weighted by Crippen LogP contribution is 2.28. The van der Waals surface area contributed by atoms with Crippen LogP contribution in [0.2, 0.25) is 0 Å². The highest BCUT2D eigenvalue weighted by Gasteiger charge is 2.30.